The van der Waals surface area contributed by atoms with Crippen molar-refractivity contribution in [3.8, 4) is 12.3 Å². The Kier molecular flexibility index (Phi) is 5.39. The van der Waals surface area contributed by atoms with E-state index in [1.165, 1.54) is 17.8 Å². The summed E-state index contributed by atoms with van der Waals surface area (Å²) in [5.74, 6) is 2.25. The topological polar surface area (TPSA) is 76.0 Å². The van der Waals surface area contributed by atoms with Crippen molar-refractivity contribution in [2.45, 2.75) is 13.5 Å². The lowest BCUT2D eigenvalue weighted by molar-refractivity contribution is -0.118. The van der Waals surface area contributed by atoms with E-state index < -0.39 is 0 Å². The molecule has 1 rings (SSSR count). The fraction of sp³-hybridized carbons (Fsp3) is 0.364. The van der Waals surface area contributed by atoms with Gasteiger partial charge in [0.25, 0.3) is 5.56 Å². The van der Waals surface area contributed by atoms with Crippen molar-refractivity contribution in [2.24, 2.45) is 0 Å². The fourth-order valence-corrected chi connectivity index (χ4v) is 1.67. The Morgan fingerprint density at radius 3 is 2.94 bits per heavy atom. The molecular weight excluding hydrogens is 300 g/mol. The summed E-state index contributed by atoms with van der Waals surface area (Å²) in [6.45, 7) is 2.54. The molecule has 0 radical (unpaired) electrons. The van der Waals surface area contributed by atoms with E-state index in [2.05, 4.69) is 37.6 Å². The van der Waals surface area contributed by atoms with E-state index in [1.54, 1.807) is 0 Å². The number of aromatic nitrogens is 2. The summed E-state index contributed by atoms with van der Waals surface area (Å²) in [6.07, 6.45) is 6.63. The van der Waals surface area contributed by atoms with Crippen molar-refractivity contribution in [3.63, 3.8) is 0 Å². The molecule has 0 unspecified atom stereocenters. The molecular formula is C11H13BrN4O2. The van der Waals surface area contributed by atoms with E-state index in [9.17, 15) is 9.59 Å². The summed E-state index contributed by atoms with van der Waals surface area (Å²) in [6, 6.07) is 0. The summed E-state index contributed by atoms with van der Waals surface area (Å²) in [7, 11) is 0. The van der Waals surface area contributed by atoms with E-state index >= 15 is 0 Å². The van der Waals surface area contributed by atoms with Crippen LogP contribution in [0.2, 0.25) is 0 Å². The molecule has 0 fully saturated rings. The van der Waals surface area contributed by atoms with Crippen LogP contribution in [0.4, 0.5) is 5.69 Å². The number of hydrogen-bond donors (Lipinski definition) is 2. The van der Waals surface area contributed by atoms with Crippen LogP contribution < -0.4 is 16.2 Å². The maximum absolute atomic E-state index is 11.8. The molecule has 1 amide bonds. The number of nitrogens with one attached hydrogen (secondary N) is 2. The van der Waals surface area contributed by atoms with Crippen LogP contribution in [-0.2, 0) is 11.3 Å². The maximum Gasteiger partial charge on any atom is 0.284 e. The van der Waals surface area contributed by atoms with Crippen LogP contribution in [-0.4, -0.2) is 28.8 Å². The highest BCUT2D eigenvalue weighted by molar-refractivity contribution is 9.10. The predicted molar refractivity (Wildman–Crippen MR) is 72.2 cm³/mol. The first-order valence-corrected chi connectivity index (χ1v) is 6.03. The van der Waals surface area contributed by atoms with Gasteiger partial charge < -0.3 is 10.6 Å². The van der Waals surface area contributed by atoms with Crippen molar-refractivity contribution in [1.29, 1.82) is 0 Å². The van der Waals surface area contributed by atoms with Gasteiger partial charge in [-0.25, -0.2) is 4.68 Å². The van der Waals surface area contributed by atoms with Gasteiger partial charge in [0.05, 0.1) is 11.9 Å². The summed E-state index contributed by atoms with van der Waals surface area (Å²) in [4.78, 5) is 22.4. The van der Waals surface area contributed by atoms with Gasteiger partial charge in [-0.05, 0) is 15.9 Å². The molecule has 0 atom stereocenters. The molecule has 0 aliphatic carbocycles. The van der Waals surface area contributed by atoms with E-state index in [0.717, 1.165) is 0 Å². The maximum atomic E-state index is 11.8. The monoisotopic (exact) mass is 312 g/mol. The number of amides is 1. The van der Waals surface area contributed by atoms with Gasteiger partial charge in [0.2, 0.25) is 5.91 Å². The Bertz CT molecular complexity index is 533. The van der Waals surface area contributed by atoms with Gasteiger partial charge in [0.1, 0.15) is 11.0 Å². The predicted octanol–water partition coefficient (Wildman–Crippen LogP) is 0.187. The van der Waals surface area contributed by atoms with E-state index in [-0.39, 0.29) is 18.0 Å². The molecule has 18 heavy (non-hydrogen) atoms. The number of hydrogen-bond acceptors (Lipinski definition) is 4. The zero-order valence-electron chi connectivity index (χ0n) is 9.86. The van der Waals surface area contributed by atoms with Gasteiger partial charge in [-0.3, -0.25) is 9.59 Å². The quantitative estimate of drug-likeness (QED) is 0.601. The molecule has 6 nitrogen and oxygen atoms in total. The van der Waals surface area contributed by atoms with Gasteiger partial charge in [-0.1, -0.05) is 5.92 Å². The van der Waals surface area contributed by atoms with Crippen LogP contribution in [0.3, 0.4) is 0 Å². The minimum Gasteiger partial charge on any atom is -0.381 e. The molecule has 1 heterocycles. The van der Waals surface area contributed by atoms with Crippen molar-refractivity contribution in [3.05, 3.63) is 21.0 Å². The summed E-state index contributed by atoms with van der Waals surface area (Å²) < 4.78 is 1.55. The first-order valence-electron chi connectivity index (χ1n) is 5.23. The normalized spacial score (nSPS) is 9.61. The van der Waals surface area contributed by atoms with Gasteiger partial charge in [0.15, 0.2) is 0 Å². The largest absolute Gasteiger partial charge is 0.381 e. The number of anilines is 1. The summed E-state index contributed by atoms with van der Waals surface area (Å²) in [5.41, 5.74) is 0.274. The van der Waals surface area contributed by atoms with Crippen LogP contribution in [0, 0.1) is 12.3 Å². The van der Waals surface area contributed by atoms with Crippen molar-refractivity contribution in [1.82, 2.24) is 15.1 Å². The van der Waals surface area contributed by atoms with E-state index in [0.29, 0.717) is 23.2 Å². The molecule has 0 bridgehead atoms. The molecule has 1 aromatic heterocycles. The molecule has 0 spiro atoms. The third kappa shape index (κ3) is 3.89. The Morgan fingerprint density at radius 1 is 1.61 bits per heavy atom. The average molecular weight is 313 g/mol. The highest BCUT2D eigenvalue weighted by Gasteiger charge is 2.07. The minimum absolute atomic E-state index is 0.0987. The lowest BCUT2D eigenvalue weighted by Crippen LogP contribution is -2.28. The van der Waals surface area contributed by atoms with Crippen LogP contribution in [0.15, 0.2) is 15.5 Å². The van der Waals surface area contributed by atoms with E-state index in [4.69, 9.17) is 6.42 Å². The molecule has 1 aromatic rings. The number of terminal acetylenes is 1. The number of halogens is 1. The molecule has 0 aromatic carbocycles. The summed E-state index contributed by atoms with van der Waals surface area (Å²) >= 11 is 3.19. The molecule has 96 valence electrons. The average Bonchev–Trinajstić information content (AvgIpc) is 2.33. The number of rotatable bonds is 5. The van der Waals surface area contributed by atoms with Gasteiger partial charge in [-0.2, -0.15) is 5.10 Å². The lowest BCUT2D eigenvalue weighted by Gasteiger charge is -2.09. The second kappa shape index (κ2) is 6.81. The van der Waals surface area contributed by atoms with Gasteiger partial charge >= 0.3 is 0 Å². The third-order valence-corrected chi connectivity index (χ3v) is 2.81. The minimum atomic E-state index is -0.294. The van der Waals surface area contributed by atoms with Crippen molar-refractivity contribution < 1.29 is 4.79 Å². The third-order valence-electron chi connectivity index (χ3n) is 2.04. The number of nitrogens with zero attached hydrogens (tertiary/aromatic N) is 2. The van der Waals surface area contributed by atoms with E-state index in [1.807, 2.05) is 0 Å². The SMILES string of the molecule is C#CCn1ncc(NCCNC(C)=O)c(Br)c1=O. The Balaban J connectivity index is 2.68. The number of carbonyl (C=O) groups is 1. The van der Waals surface area contributed by atoms with Crippen LogP contribution in [0.5, 0.6) is 0 Å². The van der Waals surface area contributed by atoms with Crippen molar-refractivity contribution in [2.75, 3.05) is 18.4 Å². The highest BCUT2D eigenvalue weighted by Crippen LogP contribution is 2.15. The Morgan fingerprint density at radius 2 is 2.33 bits per heavy atom. The highest BCUT2D eigenvalue weighted by atomic mass is 79.9. The standard InChI is InChI=1S/C11H13BrN4O2/c1-3-6-16-11(18)10(12)9(7-15-16)14-5-4-13-8(2)17/h1,7,14H,4-6H2,2H3,(H,13,17). The molecule has 7 heteroatoms. The second-order valence-electron chi connectivity index (χ2n) is 3.45. The Labute approximate surface area is 113 Å². The number of carbonyl (C=O) groups excluding carboxylic acids is 1. The molecule has 0 aliphatic heterocycles. The van der Waals surface area contributed by atoms with Gasteiger partial charge in [-0.15, -0.1) is 6.42 Å². The molecule has 0 saturated heterocycles. The van der Waals surface area contributed by atoms with Crippen LogP contribution in [0.25, 0.3) is 0 Å². The van der Waals surface area contributed by atoms with Crippen LogP contribution >= 0.6 is 15.9 Å². The molecule has 2 N–H and O–H groups in total. The summed E-state index contributed by atoms with van der Waals surface area (Å²) in [5, 5.41) is 9.55. The zero-order chi connectivity index (χ0) is 13.5. The first-order chi connectivity index (χ1) is 8.56. The lowest BCUT2D eigenvalue weighted by atomic mass is 10.4. The second-order valence-corrected chi connectivity index (χ2v) is 4.24. The molecule has 0 aliphatic rings. The smallest absolute Gasteiger partial charge is 0.284 e. The van der Waals surface area contributed by atoms with Crippen LogP contribution in [0.1, 0.15) is 6.92 Å². The van der Waals surface area contributed by atoms with Gasteiger partial charge in [0, 0.05) is 20.0 Å². The fourth-order valence-electron chi connectivity index (χ4n) is 1.22. The zero-order valence-corrected chi connectivity index (χ0v) is 11.5. The first kappa shape index (κ1) is 14.3. The Hall–Kier alpha value is -1.81. The molecule has 0 saturated carbocycles. The van der Waals surface area contributed by atoms with Crippen molar-refractivity contribution >= 4 is 27.5 Å².